The van der Waals surface area contributed by atoms with E-state index in [1.165, 1.54) is 0 Å². The van der Waals surface area contributed by atoms with Gasteiger partial charge in [0, 0.05) is 12.0 Å². The van der Waals surface area contributed by atoms with E-state index in [9.17, 15) is 13.2 Å². The number of hydrogen-bond donors (Lipinski definition) is 2. The van der Waals surface area contributed by atoms with Crippen molar-refractivity contribution >= 4 is 15.7 Å². The predicted molar refractivity (Wildman–Crippen MR) is 74.3 cm³/mol. The van der Waals surface area contributed by atoms with Crippen molar-refractivity contribution in [2.75, 3.05) is 18.1 Å². The van der Waals surface area contributed by atoms with Crippen LogP contribution >= 0.6 is 0 Å². The van der Waals surface area contributed by atoms with Crippen LogP contribution in [0, 0.1) is 11.8 Å². The predicted octanol–water partition coefficient (Wildman–Crippen LogP) is 0.445. The van der Waals surface area contributed by atoms with Gasteiger partial charge in [-0.3, -0.25) is 4.79 Å². The first-order valence-corrected chi connectivity index (χ1v) is 9.03. The van der Waals surface area contributed by atoms with E-state index >= 15 is 0 Å². The Labute approximate surface area is 115 Å². The molecule has 0 bridgehead atoms. The van der Waals surface area contributed by atoms with E-state index in [-0.39, 0.29) is 29.4 Å². The summed E-state index contributed by atoms with van der Waals surface area (Å²) in [5, 5.41) is 3.02. The van der Waals surface area contributed by atoms with Crippen molar-refractivity contribution in [3.05, 3.63) is 0 Å². The van der Waals surface area contributed by atoms with Crippen LogP contribution in [-0.2, 0) is 14.6 Å². The molecule has 5 nitrogen and oxygen atoms in total. The Balaban J connectivity index is 1.76. The van der Waals surface area contributed by atoms with Crippen molar-refractivity contribution in [1.82, 2.24) is 5.32 Å². The molecule has 2 rings (SSSR count). The summed E-state index contributed by atoms with van der Waals surface area (Å²) in [4.78, 5) is 12.1. The second kappa shape index (κ2) is 6.22. The topological polar surface area (TPSA) is 89.3 Å². The van der Waals surface area contributed by atoms with Crippen molar-refractivity contribution < 1.29 is 13.2 Å². The Morgan fingerprint density at radius 3 is 2.16 bits per heavy atom. The lowest BCUT2D eigenvalue weighted by molar-refractivity contribution is -0.127. The first kappa shape index (κ1) is 14.8. The third-order valence-electron chi connectivity index (χ3n) is 4.45. The molecule has 3 N–H and O–H groups in total. The number of carbonyl (C=O) groups excluding carboxylic acids is 1. The number of sulfone groups is 1. The van der Waals surface area contributed by atoms with Gasteiger partial charge in [-0.1, -0.05) is 0 Å². The SMILES string of the molecule is NCC1CCC(C(=O)NC2CCS(=O)(=O)CC2)CC1. The van der Waals surface area contributed by atoms with Gasteiger partial charge in [-0.15, -0.1) is 0 Å². The third kappa shape index (κ3) is 4.18. The van der Waals surface area contributed by atoms with Gasteiger partial charge >= 0.3 is 0 Å². The number of nitrogens with two attached hydrogens (primary N) is 1. The molecule has 1 saturated carbocycles. The van der Waals surface area contributed by atoms with Gasteiger partial charge in [0.2, 0.25) is 5.91 Å². The Morgan fingerprint density at radius 2 is 1.63 bits per heavy atom. The summed E-state index contributed by atoms with van der Waals surface area (Å²) in [6.45, 7) is 0.717. The summed E-state index contributed by atoms with van der Waals surface area (Å²) in [5.74, 6) is 1.19. The molecule has 0 atom stereocenters. The Morgan fingerprint density at radius 1 is 1.05 bits per heavy atom. The van der Waals surface area contributed by atoms with Gasteiger partial charge in [0.1, 0.15) is 9.84 Å². The maximum Gasteiger partial charge on any atom is 0.223 e. The van der Waals surface area contributed by atoms with E-state index in [0.717, 1.165) is 32.2 Å². The lowest BCUT2D eigenvalue weighted by Crippen LogP contribution is -2.44. The van der Waals surface area contributed by atoms with E-state index in [1.54, 1.807) is 0 Å². The van der Waals surface area contributed by atoms with Gasteiger partial charge in [-0.2, -0.15) is 0 Å². The maximum absolute atomic E-state index is 12.1. The van der Waals surface area contributed by atoms with Crippen LogP contribution in [0.25, 0.3) is 0 Å². The molecule has 1 aliphatic carbocycles. The summed E-state index contributed by atoms with van der Waals surface area (Å²) >= 11 is 0. The molecule has 0 aromatic heterocycles. The molecule has 6 heteroatoms. The summed E-state index contributed by atoms with van der Waals surface area (Å²) in [7, 11) is -2.85. The minimum absolute atomic E-state index is 0.0447. The first-order chi connectivity index (χ1) is 9.00. The highest BCUT2D eigenvalue weighted by atomic mass is 32.2. The van der Waals surface area contributed by atoms with E-state index in [4.69, 9.17) is 5.73 Å². The number of carbonyl (C=O) groups is 1. The van der Waals surface area contributed by atoms with Gasteiger partial charge in [-0.25, -0.2) is 8.42 Å². The molecular weight excluding hydrogens is 264 g/mol. The molecular formula is C13H24N2O3S. The monoisotopic (exact) mass is 288 g/mol. The highest BCUT2D eigenvalue weighted by Gasteiger charge is 2.29. The Bertz CT molecular complexity index is 400. The van der Waals surface area contributed by atoms with Gasteiger partial charge in [0.05, 0.1) is 11.5 Å². The average Bonchev–Trinajstić information content (AvgIpc) is 2.41. The molecule has 0 aromatic rings. The van der Waals surface area contributed by atoms with Crippen molar-refractivity contribution in [1.29, 1.82) is 0 Å². The molecule has 2 aliphatic rings. The zero-order chi connectivity index (χ0) is 13.9. The van der Waals surface area contributed by atoms with Crippen molar-refractivity contribution in [3.63, 3.8) is 0 Å². The summed E-state index contributed by atoms with van der Waals surface area (Å²) < 4.78 is 22.7. The summed E-state index contributed by atoms with van der Waals surface area (Å²) in [5.41, 5.74) is 5.64. The van der Waals surface area contributed by atoms with E-state index in [1.807, 2.05) is 0 Å². The molecule has 1 aliphatic heterocycles. The third-order valence-corrected chi connectivity index (χ3v) is 6.17. The molecule has 0 radical (unpaired) electrons. The molecule has 0 aromatic carbocycles. The van der Waals surface area contributed by atoms with Crippen LogP contribution in [-0.4, -0.2) is 38.4 Å². The quantitative estimate of drug-likeness (QED) is 0.789. The fraction of sp³-hybridized carbons (Fsp3) is 0.923. The van der Waals surface area contributed by atoms with Crippen LogP contribution in [0.5, 0.6) is 0 Å². The molecule has 0 unspecified atom stereocenters. The maximum atomic E-state index is 12.1. The lowest BCUT2D eigenvalue weighted by atomic mass is 9.81. The van der Waals surface area contributed by atoms with Crippen LogP contribution in [0.4, 0.5) is 0 Å². The largest absolute Gasteiger partial charge is 0.353 e. The molecule has 1 amide bonds. The number of hydrogen-bond acceptors (Lipinski definition) is 4. The standard InChI is InChI=1S/C13H24N2O3S/c14-9-10-1-3-11(4-2-10)13(16)15-12-5-7-19(17,18)8-6-12/h10-12H,1-9,14H2,(H,15,16). The molecule has 1 heterocycles. The van der Waals surface area contributed by atoms with E-state index in [2.05, 4.69) is 5.32 Å². The van der Waals surface area contributed by atoms with Gasteiger partial charge in [0.25, 0.3) is 0 Å². The van der Waals surface area contributed by atoms with Crippen molar-refractivity contribution in [2.45, 2.75) is 44.6 Å². The summed E-state index contributed by atoms with van der Waals surface area (Å²) in [6.07, 6.45) is 5.02. The van der Waals surface area contributed by atoms with Crippen molar-refractivity contribution in [3.8, 4) is 0 Å². The lowest BCUT2D eigenvalue weighted by Gasteiger charge is -2.29. The molecule has 0 spiro atoms. The highest BCUT2D eigenvalue weighted by Crippen LogP contribution is 2.28. The van der Waals surface area contributed by atoms with Gasteiger partial charge < -0.3 is 11.1 Å². The fourth-order valence-corrected chi connectivity index (χ4v) is 4.51. The minimum atomic E-state index is -2.85. The van der Waals surface area contributed by atoms with Crippen LogP contribution < -0.4 is 11.1 Å². The zero-order valence-corrected chi connectivity index (χ0v) is 12.1. The van der Waals surface area contributed by atoms with Gasteiger partial charge in [0.15, 0.2) is 0 Å². The zero-order valence-electron chi connectivity index (χ0n) is 11.3. The average molecular weight is 288 g/mol. The highest BCUT2D eigenvalue weighted by molar-refractivity contribution is 7.91. The molecule has 2 fully saturated rings. The smallest absolute Gasteiger partial charge is 0.223 e. The second-order valence-corrected chi connectivity index (χ2v) is 8.19. The first-order valence-electron chi connectivity index (χ1n) is 7.21. The van der Waals surface area contributed by atoms with E-state index < -0.39 is 9.84 Å². The second-order valence-electron chi connectivity index (χ2n) is 5.89. The Kier molecular flexibility index (Phi) is 4.84. The normalized spacial score (nSPS) is 31.8. The number of amides is 1. The molecule has 19 heavy (non-hydrogen) atoms. The van der Waals surface area contributed by atoms with Gasteiger partial charge in [-0.05, 0) is 51.0 Å². The van der Waals surface area contributed by atoms with E-state index in [0.29, 0.717) is 18.8 Å². The van der Waals surface area contributed by atoms with Crippen LogP contribution in [0.3, 0.4) is 0 Å². The number of nitrogens with one attached hydrogen (secondary N) is 1. The van der Waals surface area contributed by atoms with Crippen LogP contribution in [0.15, 0.2) is 0 Å². The number of rotatable bonds is 3. The fourth-order valence-electron chi connectivity index (χ4n) is 3.01. The van der Waals surface area contributed by atoms with Crippen molar-refractivity contribution in [2.24, 2.45) is 17.6 Å². The molecule has 110 valence electrons. The van der Waals surface area contributed by atoms with Crippen LogP contribution in [0.1, 0.15) is 38.5 Å². The summed E-state index contributed by atoms with van der Waals surface area (Å²) in [6, 6.07) is 0.0447. The minimum Gasteiger partial charge on any atom is -0.353 e. The van der Waals surface area contributed by atoms with Crippen LogP contribution in [0.2, 0.25) is 0 Å². The molecule has 1 saturated heterocycles. The Hall–Kier alpha value is -0.620.